The van der Waals surface area contributed by atoms with E-state index in [1.807, 2.05) is 38.0 Å². The third-order valence-electron chi connectivity index (χ3n) is 2.94. The molecule has 0 radical (unpaired) electrons. The number of halogens is 1. The van der Waals surface area contributed by atoms with Gasteiger partial charge in [0.25, 0.3) is 0 Å². The van der Waals surface area contributed by atoms with Crippen LogP contribution in [0.3, 0.4) is 0 Å². The Morgan fingerprint density at radius 1 is 0.958 bits per heavy atom. The SMILES string of the molecule is CN=C(NCc1csc(N(C)C)n1)NCc1csc(N(C)C)n1.I. The first kappa shape index (κ1) is 20.9. The van der Waals surface area contributed by atoms with Gasteiger partial charge in [-0.15, -0.1) is 46.7 Å². The molecule has 0 aliphatic rings. The molecule has 0 unspecified atom stereocenters. The molecule has 0 aromatic carbocycles. The Labute approximate surface area is 168 Å². The lowest BCUT2D eigenvalue weighted by Gasteiger charge is -2.10. The number of hydrogen-bond acceptors (Lipinski definition) is 7. The highest BCUT2D eigenvalue weighted by Gasteiger charge is 2.06. The minimum Gasteiger partial charge on any atom is -0.354 e. The molecule has 0 atom stereocenters. The van der Waals surface area contributed by atoms with Gasteiger partial charge < -0.3 is 20.4 Å². The molecule has 134 valence electrons. The summed E-state index contributed by atoms with van der Waals surface area (Å²) in [5.41, 5.74) is 2.01. The van der Waals surface area contributed by atoms with Crippen LogP contribution in [-0.2, 0) is 13.1 Å². The van der Waals surface area contributed by atoms with Crippen LogP contribution in [-0.4, -0.2) is 51.2 Å². The smallest absolute Gasteiger partial charge is 0.191 e. The third kappa shape index (κ3) is 6.06. The molecule has 0 saturated carbocycles. The molecule has 7 nitrogen and oxygen atoms in total. The first-order valence-corrected chi connectivity index (χ1v) is 8.93. The molecule has 2 rings (SSSR count). The summed E-state index contributed by atoms with van der Waals surface area (Å²) in [4.78, 5) is 17.3. The molecule has 2 N–H and O–H groups in total. The number of aromatic nitrogens is 2. The maximum Gasteiger partial charge on any atom is 0.191 e. The first-order valence-electron chi connectivity index (χ1n) is 7.17. The van der Waals surface area contributed by atoms with Crippen molar-refractivity contribution in [3.8, 4) is 0 Å². The van der Waals surface area contributed by atoms with Crippen LogP contribution in [0.2, 0.25) is 0 Å². The molecule has 0 aliphatic heterocycles. The van der Waals surface area contributed by atoms with Gasteiger partial charge in [-0.05, 0) is 0 Å². The molecule has 0 fully saturated rings. The second kappa shape index (κ2) is 9.99. The van der Waals surface area contributed by atoms with Crippen molar-refractivity contribution in [2.45, 2.75) is 13.1 Å². The van der Waals surface area contributed by atoms with E-state index in [0.29, 0.717) is 13.1 Å². The number of thiazole rings is 2. The monoisotopic (exact) mass is 481 g/mol. The second-order valence-corrected chi connectivity index (χ2v) is 6.98. The van der Waals surface area contributed by atoms with Crippen LogP contribution in [0.25, 0.3) is 0 Å². The van der Waals surface area contributed by atoms with E-state index in [1.54, 1.807) is 29.7 Å². The minimum absolute atomic E-state index is 0. The van der Waals surface area contributed by atoms with Crippen molar-refractivity contribution < 1.29 is 0 Å². The van der Waals surface area contributed by atoms with Gasteiger partial charge in [-0.1, -0.05) is 0 Å². The number of anilines is 2. The van der Waals surface area contributed by atoms with Crippen LogP contribution in [0.15, 0.2) is 15.8 Å². The van der Waals surface area contributed by atoms with Gasteiger partial charge in [0.2, 0.25) is 0 Å². The molecule has 0 amide bonds. The maximum absolute atomic E-state index is 4.54. The average Bonchev–Trinajstić information content (AvgIpc) is 3.16. The van der Waals surface area contributed by atoms with Crippen molar-refractivity contribution in [3.05, 3.63) is 22.1 Å². The van der Waals surface area contributed by atoms with E-state index in [-0.39, 0.29) is 24.0 Å². The van der Waals surface area contributed by atoms with Crippen molar-refractivity contribution in [2.24, 2.45) is 4.99 Å². The van der Waals surface area contributed by atoms with E-state index in [9.17, 15) is 0 Å². The van der Waals surface area contributed by atoms with Gasteiger partial charge in [-0.2, -0.15) is 0 Å². The fraction of sp³-hybridized carbons (Fsp3) is 0.500. The predicted molar refractivity (Wildman–Crippen MR) is 115 cm³/mol. The zero-order chi connectivity index (χ0) is 16.8. The molecule has 2 aromatic rings. The molecule has 24 heavy (non-hydrogen) atoms. The molecular formula is C14H24IN7S2. The van der Waals surface area contributed by atoms with Crippen LogP contribution < -0.4 is 20.4 Å². The quantitative estimate of drug-likeness (QED) is 0.375. The summed E-state index contributed by atoms with van der Waals surface area (Å²) >= 11 is 3.27. The summed E-state index contributed by atoms with van der Waals surface area (Å²) in [6.07, 6.45) is 0. The van der Waals surface area contributed by atoms with E-state index in [1.165, 1.54) is 0 Å². The Balaban J connectivity index is 0.00000288. The van der Waals surface area contributed by atoms with E-state index in [0.717, 1.165) is 27.6 Å². The van der Waals surface area contributed by atoms with E-state index < -0.39 is 0 Å². The van der Waals surface area contributed by atoms with Crippen molar-refractivity contribution >= 4 is 62.9 Å². The average molecular weight is 481 g/mol. The second-order valence-electron chi connectivity index (χ2n) is 5.31. The topological polar surface area (TPSA) is 68.7 Å². The molecule has 10 heteroatoms. The highest BCUT2D eigenvalue weighted by atomic mass is 127. The zero-order valence-electron chi connectivity index (χ0n) is 14.5. The lowest BCUT2D eigenvalue weighted by atomic mass is 10.4. The standard InChI is InChI=1S/C14H23N7S2.HI/c1-15-12(16-6-10-8-22-13(18-10)20(2)3)17-7-11-9-23-14(19-11)21(4)5;/h8-9H,6-7H2,1-5H3,(H2,15,16,17);1H. The minimum atomic E-state index is 0. The van der Waals surface area contributed by atoms with Gasteiger partial charge in [0.1, 0.15) is 0 Å². The van der Waals surface area contributed by atoms with Crippen LogP contribution >= 0.6 is 46.7 Å². The fourth-order valence-electron chi connectivity index (χ4n) is 1.73. The van der Waals surface area contributed by atoms with Crippen molar-refractivity contribution in [1.82, 2.24) is 20.6 Å². The van der Waals surface area contributed by atoms with Gasteiger partial charge in [-0.25, -0.2) is 9.97 Å². The Morgan fingerprint density at radius 2 is 1.38 bits per heavy atom. The molecular weight excluding hydrogens is 457 g/mol. The van der Waals surface area contributed by atoms with Crippen LogP contribution in [0.1, 0.15) is 11.4 Å². The van der Waals surface area contributed by atoms with Gasteiger partial charge in [0.05, 0.1) is 24.5 Å². The number of aliphatic imine (C=N–C) groups is 1. The molecule has 0 saturated heterocycles. The number of guanidine groups is 1. The van der Waals surface area contributed by atoms with E-state index >= 15 is 0 Å². The molecule has 0 bridgehead atoms. The Bertz CT molecular complexity index is 599. The van der Waals surface area contributed by atoms with Crippen LogP contribution in [0.5, 0.6) is 0 Å². The fourth-order valence-corrected chi connectivity index (χ4v) is 3.25. The van der Waals surface area contributed by atoms with Gasteiger partial charge >= 0.3 is 0 Å². The summed E-state index contributed by atoms with van der Waals surface area (Å²) in [6, 6.07) is 0. The van der Waals surface area contributed by atoms with Crippen molar-refractivity contribution in [3.63, 3.8) is 0 Å². The predicted octanol–water partition coefficient (Wildman–Crippen LogP) is 2.21. The Kier molecular flexibility index (Phi) is 8.70. The summed E-state index contributed by atoms with van der Waals surface area (Å²) in [7, 11) is 9.73. The first-order chi connectivity index (χ1) is 11.0. The van der Waals surface area contributed by atoms with Crippen LogP contribution in [0, 0.1) is 0 Å². The summed E-state index contributed by atoms with van der Waals surface area (Å²) in [5, 5.41) is 12.7. The van der Waals surface area contributed by atoms with Crippen LogP contribution in [0.4, 0.5) is 10.3 Å². The van der Waals surface area contributed by atoms with Gasteiger partial charge in [0.15, 0.2) is 16.2 Å². The number of nitrogens with one attached hydrogen (secondary N) is 2. The van der Waals surface area contributed by atoms with E-state index in [2.05, 4.69) is 36.4 Å². The number of hydrogen-bond donors (Lipinski definition) is 2. The Hall–Kier alpha value is -1.14. The lowest BCUT2D eigenvalue weighted by Crippen LogP contribution is -2.36. The number of nitrogens with zero attached hydrogens (tertiary/aromatic N) is 5. The normalized spacial score (nSPS) is 9.88. The molecule has 2 aromatic heterocycles. The van der Waals surface area contributed by atoms with Crippen molar-refractivity contribution in [2.75, 3.05) is 45.0 Å². The largest absolute Gasteiger partial charge is 0.354 e. The molecule has 0 aliphatic carbocycles. The summed E-state index contributed by atoms with van der Waals surface area (Å²) in [6.45, 7) is 1.29. The zero-order valence-corrected chi connectivity index (χ0v) is 18.5. The van der Waals surface area contributed by atoms with Crippen molar-refractivity contribution in [1.29, 1.82) is 0 Å². The summed E-state index contributed by atoms with van der Waals surface area (Å²) in [5.74, 6) is 0.740. The highest BCUT2D eigenvalue weighted by Crippen LogP contribution is 2.18. The molecule has 2 heterocycles. The number of rotatable bonds is 6. The Morgan fingerprint density at radius 3 is 1.67 bits per heavy atom. The van der Waals surface area contributed by atoms with Gasteiger partial charge in [-0.3, -0.25) is 4.99 Å². The maximum atomic E-state index is 4.54. The third-order valence-corrected chi connectivity index (χ3v) is 5.06. The lowest BCUT2D eigenvalue weighted by molar-refractivity contribution is 0.787. The van der Waals surface area contributed by atoms with E-state index in [4.69, 9.17) is 0 Å². The molecule has 0 spiro atoms. The summed E-state index contributed by atoms with van der Waals surface area (Å²) < 4.78 is 0. The van der Waals surface area contributed by atoms with Gasteiger partial charge in [0, 0.05) is 46.0 Å². The highest BCUT2D eigenvalue weighted by molar-refractivity contribution is 14.0.